The van der Waals surface area contributed by atoms with Gasteiger partial charge in [-0.3, -0.25) is 9.59 Å². The van der Waals surface area contributed by atoms with Crippen molar-refractivity contribution in [2.75, 3.05) is 13.2 Å². The molecular weight excluding hydrogens is 755 g/mol. The molecule has 0 radical (unpaired) electrons. The number of rotatable bonds is 51. The third-order valence-electron chi connectivity index (χ3n) is 12.8. The van der Waals surface area contributed by atoms with Crippen molar-refractivity contribution < 1.29 is 24.5 Å². The Hall–Kier alpha value is -1.40. The van der Waals surface area contributed by atoms with Crippen molar-refractivity contribution in [3.8, 4) is 0 Å². The fourth-order valence-electron chi connectivity index (χ4n) is 8.58. The molecule has 6 heteroatoms. The first-order valence-electron chi connectivity index (χ1n) is 27.4. The van der Waals surface area contributed by atoms with Crippen molar-refractivity contribution in [2.24, 2.45) is 0 Å². The minimum absolute atomic E-state index is 0.0104. The van der Waals surface area contributed by atoms with Crippen molar-refractivity contribution in [3.63, 3.8) is 0 Å². The summed E-state index contributed by atoms with van der Waals surface area (Å²) in [6.07, 6.45) is 59.0. The molecule has 2 unspecified atom stereocenters. The number of esters is 1. The Kier molecular flexibility index (Phi) is 50.1. The zero-order valence-corrected chi connectivity index (χ0v) is 41.2. The predicted octanol–water partition coefficient (Wildman–Crippen LogP) is 16.5. The second kappa shape index (κ2) is 51.2. The number of hydrogen-bond donors (Lipinski definition) is 3. The number of ether oxygens (including phenoxy) is 1. The summed E-state index contributed by atoms with van der Waals surface area (Å²) in [4.78, 5) is 24.5. The molecule has 0 aromatic heterocycles. The largest absolute Gasteiger partial charge is 0.466 e. The first-order valence-corrected chi connectivity index (χ1v) is 27.4. The normalized spacial score (nSPS) is 12.7. The maximum atomic E-state index is 12.5. The third-order valence-corrected chi connectivity index (χ3v) is 12.8. The molecule has 0 bridgehead atoms. The summed E-state index contributed by atoms with van der Waals surface area (Å²) in [5.74, 6) is -0.0728. The SMILES string of the molecule is CCCCCCCCCCCCCCCCCCCCC(O)C(CO)NC(=O)CCCCC/C=C\CCCCCCCCOC(=O)CCCCCCCCCCCCCCC. The third kappa shape index (κ3) is 47.9. The molecule has 0 spiro atoms. The lowest BCUT2D eigenvalue weighted by Gasteiger charge is -2.22. The zero-order valence-electron chi connectivity index (χ0n) is 41.2. The molecule has 0 rings (SSSR count). The highest BCUT2D eigenvalue weighted by Gasteiger charge is 2.20. The molecule has 0 aromatic carbocycles. The number of allylic oxidation sites excluding steroid dienone is 2. The van der Waals surface area contributed by atoms with Gasteiger partial charge in [0.1, 0.15) is 0 Å². The molecule has 3 N–H and O–H groups in total. The Morgan fingerprint density at radius 3 is 1.18 bits per heavy atom. The Labute approximate surface area is 380 Å². The van der Waals surface area contributed by atoms with E-state index in [4.69, 9.17) is 4.74 Å². The van der Waals surface area contributed by atoms with Gasteiger partial charge >= 0.3 is 5.97 Å². The van der Waals surface area contributed by atoms with E-state index < -0.39 is 12.1 Å². The van der Waals surface area contributed by atoms with Crippen LogP contribution < -0.4 is 5.32 Å². The summed E-state index contributed by atoms with van der Waals surface area (Å²) in [5, 5.41) is 23.3. The van der Waals surface area contributed by atoms with E-state index in [-0.39, 0.29) is 18.5 Å². The van der Waals surface area contributed by atoms with Crippen LogP contribution >= 0.6 is 0 Å². The van der Waals surface area contributed by atoms with Gasteiger partial charge in [0.15, 0.2) is 0 Å². The standard InChI is InChI=1S/C55H107NO5/c1-3-5-7-9-11-13-15-17-18-19-20-21-24-27-31-35-39-43-47-53(58)52(51-57)56-54(59)48-44-40-36-32-28-25-22-26-30-34-38-42-46-50-61-55(60)49-45-41-37-33-29-23-16-14-12-10-8-6-4-2/h25,28,52-53,57-58H,3-24,26-27,29-51H2,1-2H3,(H,56,59)/b28-25-. The lowest BCUT2D eigenvalue weighted by molar-refractivity contribution is -0.143. The molecule has 362 valence electrons. The molecule has 0 saturated heterocycles. The summed E-state index contributed by atoms with van der Waals surface area (Å²) < 4.78 is 5.45. The molecule has 0 aliphatic heterocycles. The molecule has 0 fully saturated rings. The molecule has 1 amide bonds. The van der Waals surface area contributed by atoms with Crippen LogP contribution in [0.1, 0.15) is 303 Å². The van der Waals surface area contributed by atoms with Gasteiger partial charge < -0.3 is 20.3 Å². The molecule has 0 aliphatic carbocycles. The van der Waals surface area contributed by atoms with Crippen LogP contribution in [-0.2, 0) is 14.3 Å². The van der Waals surface area contributed by atoms with Crippen molar-refractivity contribution >= 4 is 11.9 Å². The van der Waals surface area contributed by atoms with Crippen molar-refractivity contribution in [1.29, 1.82) is 0 Å². The minimum Gasteiger partial charge on any atom is -0.466 e. The maximum Gasteiger partial charge on any atom is 0.305 e. The topological polar surface area (TPSA) is 95.9 Å². The van der Waals surface area contributed by atoms with Gasteiger partial charge in [-0.1, -0.05) is 251 Å². The number of unbranched alkanes of at least 4 members (excludes halogenated alkanes) is 38. The number of aliphatic hydroxyl groups is 2. The van der Waals surface area contributed by atoms with E-state index in [1.165, 1.54) is 199 Å². The molecule has 0 heterocycles. The van der Waals surface area contributed by atoms with Gasteiger partial charge in [-0.2, -0.15) is 0 Å². The van der Waals surface area contributed by atoms with Crippen LogP contribution in [0.25, 0.3) is 0 Å². The van der Waals surface area contributed by atoms with Crippen LogP contribution in [0.5, 0.6) is 0 Å². The smallest absolute Gasteiger partial charge is 0.305 e. The molecule has 2 atom stereocenters. The number of aliphatic hydroxyl groups excluding tert-OH is 2. The van der Waals surface area contributed by atoms with Crippen LogP contribution in [0.3, 0.4) is 0 Å². The second-order valence-electron chi connectivity index (χ2n) is 18.9. The summed E-state index contributed by atoms with van der Waals surface area (Å²) >= 11 is 0. The van der Waals surface area contributed by atoms with E-state index in [0.29, 0.717) is 25.9 Å². The van der Waals surface area contributed by atoms with Gasteiger partial charge in [0.2, 0.25) is 5.91 Å². The van der Waals surface area contributed by atoms with Crippen LogP contribution in [0.15, 0.2) is 12.2 Å². The monoisotopic (exact) mass is 862 g/mol. The molecular formula is C55H107NO5. The number of hydrogen-bond acceptors (Lipinski definition) is 5. The van der Waals surface area contributed by atoms with E-state index >= 15 is 0 Å². The van der Waals surface area contributed by atoms with E-state index in [2.05, 4.69) is 31.3 Å². The number of amides is 1. The Morgan fingerprint density at radius 2 is 0.770 bits per heavy atom. The Bertz CT molecular complexity index is 909. The fourth-order valence-corrected chi connectivity index (χ4v) is 8.58. The molecule has 0 aromatic rings. The van der Waals surface area contributed by atoms with E-state index in [9.17, 15) is 19.8 Å². The van der Waals surface area contributed by atoms with E-state index in [1.54, 1.807) is 0 Å². The molecule has 0 saturated carbocycles. The lowest BCUT2D eigenvalue weighted by atomic mass is 10.0. The Morgan fingerprint density at radius 1 is 0.443 bits per heavy atom. The van der Waals surface area contributed by atoms with Crippen molar-refractivity contribution in [2.45, 2.75) is 315 Å². The first-order chi connectivity index (χ1) is 30.0. The highest BCUT2D eigenvalue weighted by molar-refractivity contribution is 5.76. The molecule has 6 nitrogen and oxygen atoms in total. The summed E-state index contributed by atoms with van der Waals surface area (Å²) in [6.45, 7) is 4.93. The lowest BCUT2D eigenvalue weighted by Crippen LogP contribution is -2.45. The summed E-state index contributed by atoms with van der Waals surface area (Å²) in [7, 11) is 0. The van der Waals surface area contributed by atoms with E-state index in [1.807, 2.05) is 0 Å². The number of nitrogens with one attached hydrogen (secondary N) is 1. The van der Waals surface area contributed by atoms with Gasteiger partial charge in [0.25, 0.3) is 0 Å². The van der Waals surface area contributed by atoms with Gasteiger partial charge in [0.05, 0.1) is 25.4 Å². The number of carbonyl (C=O) groups excluding carboxylic acids is 2. The number of carbonyl (C=O) groups is 2. The summed E-state index contributed by atoms with van der Waals surface area (Å²) in [5.41, 5.74) is 0. The zero-order chi connectivity index (χ0) is 44.4. The van der Waals surface area contributed by atoms with Gasteiger partial charge in [-0.05, 0) is 51.4 Å². The average molecular weight is 862 g/mol. The van der Waals surface area contributed by atoms with Crippen molar-refractivity contribution in [1.82, 2.24) is 5.32 Å². The van der Waals surface area contributed by atoms with Crippen LogP contribution in [0.4, 0.5) is 0 Å². The van der Waals surface area contributed by atoms with Crippen LogP contribution in [0.2, 0.25) is 0 Å². The average Bonchev–Trinajstić information content (AvgIpc) is 3.26. The highest BCUT2D eigenvalue weighted by Crippen LogP contribution is 2.17. The minimum atomic E-state index is -0.680. The quantitative estimate of drug-likeness (QED) is 0.0322. The van der Waals surface area contributed by atoms with Gasteiger partial charge in [-0.25, -0.2) is 0 Å². The summed E-state index contributed by atoms with van der Waals surface area (Å²) in [6, 6.07) is -0.561. The molecule has 61 heavy (non-hydrogen) atoms. The van der Waals surface area contributed by atoms with Crippen molar-refractivity contribution in [3.05, 3.63) is 12.2 Å². The fraction of sp³-hybridized carbons (Fsp3) is 0.927. The molecule has 0 aliphatic rings. The predicted molar refractivity (Wildman–Crippen MR) is 264 cm³/mol. The first kappa shape index (κ1) is 59.6. The second-order valence-corrected chi connectivity index (χ2v) is 18.9. The van der Waals surface area contributed by atoms with Crippen LogP contribution in [-0.4, -0.2) is 47.4 Å². The van der Waals surface area contributed by atoms with Crippen LogP contribution in [0, 0.1) is 0 Å². The maximum absolute atomic E-state index is 12.5. The van der Waals surface area contributed by atoms with Gasteiger partial charge in [0, 0.05) is 12.8 Å². The van der Waals surface area contributed by atoms with Gasteiger partial charge in [-0.15, -0.1) is 0 Å². The van der Waals surface area contributed by atoms with E-state index in [0.717, 1.165) is 70.6 Å². The Balaban J connectivity index is 3.49. The highest BCUT2D eigenvalue weighted by atomic mass is 16.5.